The lowest BCUT2D eigenvalue weighted by atomic mass is 9.94. The number of aliphatic hydroxyl groups is 1. The summed E-state index contributed by atoms with van der Waals surface area (Å²) in [6, 6.07) is 15.4. The molecule has 37 heavy (non-hydrogen) atoms. The van der Waals surface area contributed by atoms with Crippen molar-refractivity contribution in [3.63, 3.8) is 0 Å². The van der Waals surface area contributed by atoms with Crippen LogP contribution in [-0.2, 0) is 22.6 Å². The Bertz CT molecular complexity index is 1340. The third kappa shape index (κ3) is 4.99. The maximum Gasteiger partial charge on any atom is 0.296 e. The van der Waals surface area contributed by atoms with E-state index in [4.69, 9.17) is 13.9 Å². The fourth-order valence-corrected chi connectivity index (χ4v) is 4.87. The summed E-state index contributed by atoms with van der Waals surface area (Å²) in [6.07, 6.45) is 3.19. The van der Waals surface area contributed by atoms with Crippen molar-refractivity contribution in [2.75, 3.05) is 6.61 Å². The molecule has 1 N–H and O–H groups in total. The zero-order valence-corrected chi connectivity index (χ0v) is 21.3. The second-order valence-corrected chi connectivity index (χ2v) is 10.1. The summed E-state index contributed by atoms with van der Waals surface area (Å²) in [5.41, 5.74) is 2.15. The summed E-state index contributed by atoms with van der Waals surface area (Å²) < 4.78 is 17.2. The number of ketones is 1. The number of benzene rings is 2. The van der Waals surface area contributed by atoms with Gasteiger partial charge in [-0.15, -0.1) is 0 Å². The Labute approximate surface area is 216 Å². The standard InChI is InChI=1S/C30H31NO6/c1-18(2)11-13-36-23-7-4-6-20(16-23)27-26(29(33)30(34)31(27)17-24-8-5-12-35-24)28(32)21-9-10-25-22(15-21)14-19(3)37-25/h4-10,12,15-16,18-19,27,32H,11,13-14,17H2,1-3H3/t19-,27+/m0/s1. The van der Waals surface area contributed by atoms with Crippen LogP contribution in [0.2, 0.25) is 0 Å². The number of rotatable bonds is 8. The van der Waals surface area contributed by atoms with Gasteiger partial charge in [0, 0.05) is 12.0 Å². The highest BCUT2D eigenvalue weighted by atomic mass is 16.5. The van der Waals surface area contributed by atoms with E-state index in [0.29, 0.717) is 41.6 Å². The maximum absolute atomic E-state index is 13.4. The molecule has 1 saturated heterocycles. The van der Waals surface area contributed by atoms with Gasteiger partial charge < -0.3 is 23.9 Å². The van der Waals surface area contributed by atoms with E-state index in [0.717, 1.165) is 17.7 Å². The number of nitrogens with zero attached hydrogens (tertiary/aromatic N) is 1. The van der Waals surface area contributed by atoms with Crippen LogP contribution in [-0.4, -0.2) is 34.4 Å². The van der Waals surface area contributed by atoms with Crippen molar-refractivity contribution >= 4 is 17.4 Å². The van der Waals surface area contributed by atoms with Crippen molar-refractivity contribution in [3.05, 3.63) is 88.9 Å². The molecule has 0 aliphatic carbocycles. The normalized spacial score (nSPS) is 20.4. The van der Waals surface area contributed by atoms with Gasteiger partial charge in [0.15, 0.2) is 0 Å². The van der Waals surface area contributed by atoms with Gasteiger partial charge in [-0.2, -0.15) is 0 Å². The average Bonchev–Trinajstić information content (AvgIpc) is 3.58. The van der Waals surface area contributed by atoms with Crippen molar-refractivity contribution in [1.29, 1.82) is 0 Å². The van der Waals surface area contributed by atoms with Gasteiger partial charge in [0.05, 0.1) is 31.0 Å². The molecule has 2 aromatic carbocycles. The quantitative estimate of drug-likeness (QED) is 0.244. The molecule has 7 nitrogen and oxygen atoms in total. The SMILES string of the molecule is CC(C)CCOc1cccc([C@@H]2C(=C(O)c3ccc4c(c3)C[C@H](C)O4)C(=O)C(=O)N2Cc2ccco2)c1. The minimum atomic E-state index is -0.804. The van der Waals surface area contributed by atoms with Crippen LogP contribution in [0.3, 0.4) is 0 Å². The monoisotopic (exact) mass is 501 g/mol. The summed E-state index contributed by atoms with van der Waals surface area (Å²) >= 11 is 0. The number of carbonyl (C=O) groups is 2. The molecule has 192 valence electrons. The van der Waals surface area contributed by atoms with Gasteiger partial charge in [-0.1, -0.05) is 26.0 Å². The lowest BCUT2D eigenvalue weighted by Crippen LogP contribution is -2.29. The summed E-state index contributed by atoms with van der Waals surface area (Å²) in [5.74, 6) is 0.830. The highest BCUT2D eigenvalue weighted by Crippen LogP contribution is 2.42. The molecule has 0 saturated carbocycles. The number of amides is 1. The van der Waals surface area contributed by atoms with Gasteiger partial charge in [0.1, 0.15) is 29.1 Å². The number of fused-ring (bicyclic) bond motifs is 1. The Hall–Kier alpha value is -4.00. The number of aliphatic hydroxyl groups excluding tert-OH is 1. The number of likely N-dealkylation sites (tertiary alicyclic amines) is 1. The van der Waals surface area contributed by atoms with Crippen LogP contribution < -0.4 is 9.47 Å². The number of hydrogen-bond donors (Lipinski definition) is 1. The molecule has 3 aromatic rings. The van der Waals surface area contributed by atoms with Crippen LogP contribution in [0.25, 0.3) is 5.76 Å². The molecule has 2 aliphatic rings. The molecule has 2 aliphatic heterocycles. The van der Waals surface area contributed by atoms with E-state index in [1.807, 2.05) is 37.3 Å². The summed E-state index contributed by atoms with van der Waals surface area (Å²) in [5, 5.41) is 11.4. The van der Waals surface area contributed by atoms with Crippen molar-refractivity contribution in [1.82, 2.24) is 4.90 Å². The van der Waals surface area contributed by atoms with Crippen molar-refractivity contribution in [2.45, 2.75) is 52.3 Å². The molecule has 1 amide bonds. The van der Waals surface area contributed by atoms with Gasteiger partial charge >= 0.3 is 0 Å². The second kappa shape index (κ2) is 10.2. The van der Waals surface area contributed by atoms with E-state index in [-0.39, 0.29) is 24.0 Å². The molecule has 3 heterocycles. The Balaban J connectivity index is 1.57. The molecule has 2 atom stereocenters. The third-order valence-corrected chi connectivity index (χ3v) is 6.75. The number of Topliss-reactive ketones (excluding diaryl/α,β-unsaturated/α-hetero) is 1. The van der Waals surface area contributed by atoms with Crippen molar-refractivity contribution in [3.8, 4) is 11.5 Å². The lowest BCUT2D eigenvalue weighted by Gasteiger charge is -2.25. The average molecular weight is 502 g/mol. The zero-order chi connectivity index (χ0) is 26.1. The number of hydrogen-bond acceptors (Lipinski definition) is 6. The first-order valence-corrected chi connectivity index (χ1v) is 12.7. The Morgan fingerprint density at radius 2 is 1.97 bits per heavy atom. The highest BCUT2D eigenvalue weighted by Gasteiger charge is 2.46. The first-order valence-electron chi connectivity index (χ1n) is 12.7. The number of carbonyl (C=O) groups excluding carboxylic acids is 2. The first-order chi connectivity index (χ1) is 17.8. The molecule has 0 unspecified atom stereocenters. The maximum atomic E-state index is 13.4. The molecular formula is C30H31NO6. The second-order valence-electron chi connectivity index (χ2n) is 10.1. The Morgan fingerprint density at radius 3 is 2.73 bits per heavy atom. The molecule has 1 fully saturated rings. The fraction of sp³-hybridized carbons (Fsp3) is 0.333. The summed E-state index contributed by atoms with van der Waals surface area (Å²) in [6.45, 7) is 6.90. The van der Waals surface area contributed by atoms with E-state index in [1.54, 1.807) is 24.3 Å². The molecule has 5 rings (SSSR count). The molecule has 0 radical (unpaired) electrons. The molecule has 1 aromatic heterocycles. The Kier molecular flexibility index (Phi) is 6.78. The van der Waals surface area contributed by atoms with Crippen LogP contribution in [0, 0.1) is 5.92 Å². The molecule has 7 heteroatoms. The zero-order valence-electron chi connectivity index (χ0n) is 21.3. The predicted octanol–water partition coefficient (Wildman–Crippen LogP) is 5.65. The van der Waals surface area contributed by atoms with Gasteiger partial charge in [-0.3, -0.25) is 9.59 Å². The van der Waals surface area contributed by atoms with Gasteiger partial charge in [0.2, 0.25) is 0 Å². The largest absolute Gasteiger partial charge is 0.507 e. The smallest absolute Gasteiger partial charge is 0.296 e. The van der Waals surface area contributed by atoms with Crippen LogP contribution in [0.1, 0.15) is 55.7 Å². The van der Waals surface area contributed by atoms with E-state index < -0.39 is 17.7 Å². The summed E-state index contributed by atoms with van der Waals surface area (Å²) in [4.78, 5) is 28.1. The van der Waals surface area contributed by atoms with E-state index in [9.17, 15) is 14.7 Å². The molecular weight excluding hydrogens is 470 g/mol. The van der Waals surface area contributed by atoms with Gasteiger partial charge in [-0.25, -0.2) is 0 Å². The minimum absolute atomic E-state index is 0.0443. The first kappa shape index (κ1) is 24.7. The van der Waals surface area contributed by atoms with Gasteiger partial charge in [0.25, 0.3) is 11.7 Å². The van der Waals surface area contributed by atoms with Crippen LogP contribution in [0.4, 0.5) is 0 Å². The molecule has 0 bridgehead atoms. The van der Waals surface area contributed by atoms with E-state index >= 15 is 0 Å². The van der Waals surface area contributed by atoms with Gasteiger partial charge in [-0.05, 0) is 72.9 Å². The topological polar surface area (TPSA) is 89.2 Å². The van der Waals surface area contributed by atoms with Crippen LogP contribution in [0.15, 0.2) is 70.9 Å². The van der Waals surface area contributed by atoms with E-state index in [1.165, 1.54) is 11.2 Å². The van der Waals surface area contributed by atoms with Crippen molar-refractivity contribution < 1.29 is 28.6 Å². The lowest BCUT2D eigenvalue weighted by molar-refractivity contribution is -0.140. The van der Waals surface area contributed by atoms with Crippen molar-refractivity contribution in [2.24, 2.45) is 5.92 Å². The third-order valence-electron chi connectivity index (χ3n) is 6.75. The fourth-order valence-electron chi connectivity index (χ4n) is 4.87. The molecule has 0 spiro atoms. The number of ether oxygens (including phenoxy) is 2. The van der Waals surface area contributed by atoms with Crippen LogP contribution in [0.5, 0.6) is 11.5 Å². The predicted molar refractivity (Wildman–Crippen MR) is 138 cm³/mol. The summed E-state index contributed by atoms with van der Waals surface area (Å²) in [7, 11) is 0. The highest BCUT2D eigenvalue weighted by molar-refractivity contribution is 6.46. The van der Waals surface area contributed by atoms with Crippen LogP contribution >= 0.6 is 0 Å². The number of furan rings is 1. The Morgan fingerprint density at radius 1 is 1.14 bits per heavy atom. The van der Waals surface area contributed by atoms with E-state index in [2.05, 4.69) is 13.8 Å². The minimum Gasteiger partial charge on any atom is -0.507 e.